The van der Waals surface area contributed by atoms with Gasteiger partial charge in [0.1, 0.15) is 5.76 Å². The van der Waals surface area contributed by atoms with Crippen molar-refractivity contribution in [3.63, 3.8) is 0 Å². The van der Waals surface area contributed by atoms with Crippen LogP contribution < -0.4 is 4.90 Å². The molecule has 2 aromatic rings. The minimum absolute atomic E-state index is 0.184. The molecule has 140 valence electrons. The first-order chi connectivity index (χ1) is 12.9. The first-order valence-electron chi connectivity index (χ1n) is 8.25. The number of halogens is 1. The predicted octanol–water partition coefficient (Wildman–Crippen LogP) is 4.00. The van der Waals surface area contributed by atoms with E-state index in [-0.39, 0.29) is 18.9 Å². The fraction of sp³-hybridized carbons (Fsp3) is 0.250. The Morgan fingerprint density at radius 3 is 2.56 bits per heavy atom. The number of anilines is 1. The number of aryl methyl sites for hydroxylation is 2. The van der Waals surface area contributed by atoms with Crippen molar-refractivity contribution >= 4 is 46.2 Å². The molecule has 6 nitrogen and oxygen atoms in total. The highest BCUT2D eigenvalue weighted by Crippen LogP contribution is 2.19. The average molecular weight is 478 g/mol. The van der Waals surface area contributed by atoms with Crippen molar-refractivity contribution in [3.05, 3.63) is 57.1 Å². The molecular weight excluding hydrogens is 459 g/mol. The van der Waals surface area contributed by atoms with E-state index in [9.17, 15) is 9.59 Å². The van der Waals surface area contributed by atoms with Crippen LogP contribution in [0.15, 0.2) is 40.8 Å². The summed E-state index contributed by atoms with van der Waals surface area (Å²) < 4.78 is 11.0. The van der Waals surface area contributed by atoms with Gasteiger partial charge in [0.15, 0.2) is 10.4 Å². The third-order valence-electron chi connectivity index (χ3n) is 3.58. The number of ether oxygens (including phenoxy) is 1. The molecule has 0 aliphatic heterocycles. The maximum Gasteiger partial charge on any atom is 0.331 e. The molecule has 0 unspecified atom stereocenters. The summed E-state index contributed by atoms with van der Waals surface area (Å²) in [5.74, 6) is -0.506. The molecule has 0 fully saturated rings. The number of esters is 1. The summed E-state index contributed by atoms with van der Waals surface area (Å²) in [5, 5.41) is 8.86. The van der Waals surface area contributed by atoms with E-state index in [1.54, 1.807) is 12.1 Å². The molecule has 0 radical (unpaired) electrons. The van der Waals surface area contributed by atoms with Crippen LogP contribution in [0.5, 0.6) is 0 Å². The highest BCUT2D eigenvalue weighted by Gasteiger charge is 2.17. The van der Waals surface area contributed by atoms with E-state index in [4.69, 9.17) is 14.4 Å². The molecule has 0 bridgehead atoms. The van der Waals surface area contributed by atoms with Crippen LogP contribution in [0.2, 0.25) is 0 Å². The van der Waals surface area contributed by atoms with E-state index < -0.39 is 12.6 Å². The van der Waals surface area contributed by atoms with Crippen molar-refractivity contribution in [1.82, 2.24) is 0 Å². The van der Waals surface area contributed by atoms with Crippen LogP contribution in [-0.4, -0.2) is 25.0 Å². The van der Waals surface area contributed by atoms with Gasteiger partial charge in [0.2, 0.25) is 0 Å². The topological polar surface area (TPSA) is 83.5 Å². The van der Waals surface area contributed by atoms with Crippen molar-refractivity contribution in [1.29, 1.82) is 5.26 Å². The fourth-order valence-electron chi connectivity index (χ4n) is 2.49. The van der Waals surface area contributed by atoms with E-state index in [2.05, 4.69) is 0 Å². The van der Waals surface area contributed by atoms with Gasteiger partial charge in [-0.1, -0.05) is 6.07 Å². The molecule has 1 amide bonds. The number of hydrogen-bond acceptors (Lipinski definition) is 5. The number of furan rings is 1. The Morgan fingerprint density at radius 2 is 1.96 bits per heavy atom. The van der Waals surface area contributed by atoms with Gasteiger partial charge < -0.3 is 14.1 Å². The van der Waals surface area contributed by atoms with Crippen molar-refractivity contribution < 1.29 is 18.7 Å². The van der Waals surface area contributed by atoms with Gasteiger partial charge in [0.25, 0.3) is 5.91 Å². The number of carbonyl (C=O) groups excluding carboxylic acids is 2. The minimum atomic E-state index is -0.643. The average Bonchev–Trinajstić information content (AvgIpc) is 3.03. The largest absolute Gasteiger partial charge is 0.452 e. The Labute approximate surface area is 171 Å². The minimum Gasteiger partial charge on any atom is -0.452 e. The van der Waals surface area contributed by atoms with E-state index >= 15 is 0 Å². The molecule has 7 heteroatoms. The van der Waals surface area contributed by atoms with Crippen LogP contribution in [0.25, 0.3) is 6.08 Å². The van der Waals surface area contributed by atoms with Gasteiger partial charge in [-0.2, -0.15) is 5.26 Å². The lowest BCUT2D eigenvalue weighted by molar-refractivity contribution is -0.142. The molecule has 1 aromatic heterocycles. The summed E-state index contributed by atoms with van der Waals surface area (Å²) >= 11 is 2.02. The Kier molecular flexibility index (Phi) is 7.61. The molecule has 0 saturated carbocycles. The molecule has 27 heavy (non-hydrogen) atoms. The van der Waals surface area contributed by atoms with Gasteiger partial charge in [-0.15, -0.1) is 0 Å². The lowest BCUT2D eigenvalue weighted by Crippen LogP contribution is -2.35. The van der Waals surface area contributed by atoms with Crippen LogP contribution >= 0.6 is 22.6 Å². The number of rotatable bonds is 7. The first-order valence-corrected chi connectivity index (χ1v) is 9.32. The van der Waals surface area contributed by atoms with Crippen molar-refractivity contribution in [3.8, 4) is 6.07 Å². The Morgan fingerprint density at radius 1 is 1.26 bits per heavy atom. The normalized spacial score (nSPS) is 10.6. The number of benzene rings is 1. The van der Waals surface area contributed by atoms with Crippen molar-refractivity contribution in [2.24, 2.45) is 0 Å². The summed E-state index contributed by atoms with van der Waals surface area (Å²) in [5.41, 5.74) is 2.70. The van der Waals surface area contributed by atoms with E-state index in [0.29, 0.717) is 15.2 Å². The maximum absolute atomic E-state index is 12.5. The van der Waals surface area contributed by atoms with Gasteiger partial charge in [0.05, 0.1) is 12.5 Å². The zero-order valence-electron chi connectivity index (χ0n) is 15.1. The van der Waals surface area contributed by atoms with Crippen molar-refractivity contribution in [2.75, 3.05) is 18.1 Å². The van der Waals surface area contributed by atoms with Gasteiger partial charge >= 0.3 is 5.97 Å². The molecule has 0 N–H and O–H groups in total. The van der Waals surface area contributed by atoms with Gasteiger partial charge in [-0.25, -0.2) is 4.79 Å². The lowest BCUT2D eigenvalue weighted by Gasteiger charge is -2.22. The smallest absolute Gasteiger partial charge is 0.331 e. The third-order valence-corrected chi connectivity index (χ3v) is 4.16. The summed E-state index contributed by atoms with van der Waals surface area (Å²) in [4.78, 5) is 25.9. The monoisotopic (exact) mass is 478 g/mol. The van der Waals surface area contributed by atoms with Gasteiger partial charge in [0, 0.05) is 18.3 Å². The Balaban J connectivity index is 2.01. The molecule has 1 aromatic carbocycles. The van der Waals surface area contributed by atoms with Gasteiger partial charge in [-0.05, 0) is 77.9 Å². The van der Waals surface area contributed by atoms with Crippen molar-refractivity contribution in [2.45, 2.75) is 20.3 Å². The number of carbonyl (C=O) groups is 2. The van der Waals surface area contributed by atoms with Crippen LogP contribution in [0.1, 0.15) is 23.3 Å². The van der Waals surface area contributed by atoms with Crippen LogP contribution in [0.4, 0.5) is 5.69 Å². The van der Waals surface area contributed by atoms with Crippen LogP contribution in [0.3, 0.4) is 0 Å². The molecule has 1 heterocycles. The summed E-state index contributed by atoms with van der Waals surface area (Å²) in [7, 11) is 0. The molecule has 0 spiro atoms. The zero-order chi connectivity index (χ0) is 19.8. The van der Waals surface area contributed by atoms with E-state index in [1.165, 1.54) is 17.1 Å². The standard InChI is InChI=1S/C20H19IN2O4/c1-14-10-15(2)12-16(11-14)23(9-3-8-22)19(24)13-26-20(25)7-5-17-4-6-18(21)27-17/h4-7,10-12H,3,9,13H2,1-2H3/b7-5+. The maximum atomic E-state index is 12.5. The first kappa shape index (κ1) is 20.7. The SMILES string of the molecule is Cc1cc(C)cc(N(CCC#N)C(=O)COC(=O)/C=C/c2ccc(I)o2)c1. The summed E-state index contributed by atoms with van der Waals surface area (Å²) in [6, 6.07) is 11.3. The second-order valence-electron chi connectivity index (χ2n) is 5.88. The molecule has 0 saturated heterocycles. The highest BCUT2D eigenvalue weighted by atomic mass is 127. The van der Waals surface area contributed by atoms with Gasteiger partial charge in [-0.3, -0.25) is 4.79 Å². The lowest BCUT2D eigenvalue weighted by atomic mass is 10.1. The molecule has 2 rings (SSSR count). The fourth-order valence-corrected chi connectivity index (χ4v) is 2.93. The Bertz CT molecular complexity index is 875. The molecule has 0 aliphatic carbocycles. The van der Waals surface area contributed by atoms with Crippen LogP contribution in [-0.2, 0) is 14.3 Å². The summed E-state index contributed by atoms with van der Waals surface area (Å²) in [6.45, 7) is 3.70. The zero-order valence-corrected chi connectivity index (χ0v) is 17.2. The molecular formula is C20H19IN2O4. The number of nitrogens with zero attached hydrogens (tertiary/aromatic N) is 2. The second kappa shape index (κ2) is 9.92. The number of amides is 1. The quantitative estimate of drug-likeness (QED) is 0.341. The predicted molar refractivity (Wildman–Crippen MR) is 110 cm³/mol. The van der Waals surface area contributed by atoms with E-state index in [1.807, 2.05) is 60.7 Å². The van der Waals surface area contributed by atoms with E-state index in [0.717, 1.165) is 11.1 Å². The highest BCUT2D eigenvalue weighted by molar-refractivity contribution is 14.1. The van der Waals surface area contributed by atoms with Crippen LogP contribution in [0, 0.1) is 28.9 Å². The molecule has 0 atom stereocenters. The Hall–Kier alpha value is -2.60. The second-order valence-corrected chi connectivity index (χ2v) is 6.95. The third kappa shape index (κ3) is 6.57. The summed E-state index contributed by atoms with van der Waals surface area (Å²) in [6.07, 6.45) is 2.87. The number of hydrogen-bond donors (Lipinski definition) is 0. The molecule has 0 aliphatic rings. The number of nitriles is 1.